The van der Waals surface area contributed by atoms with E-state index in [1.165, 1.54) is 12.1 Å². The number of hydrogen-bond donors (Lipinski definition) is 1. The fourth-order valence-electron chi connectivity index (χ4n) is 1.42. The minimum absolute atomic E-state index is 0.220. The van der Waals surface area contributed by atoms with Crippen molar-refractivity contribution >= 4 is 26.8 Å². The van der Waals surface area contributed by atoms with Crippen molar-refractivity contribution in [3.8, 4) is 0 Å². The predicted molar refractivity (Wildman–Crippen MR) is 57.0 cm³/mol. The van der Waals surface area contributed by atoms with Crippen molar-refractivity contribution in [2.45, 2.75) is 6.92 Å². The largest absolute Gasteiger partial charge is 0.322 e. The van der Waals surface area contributed by atoms with E-state index < -0.39 is 0 Å². The number of fused-ring (bicyclic) bond motifs is 1. The zero-order valence-corrected chi connectivity index (χ0v) is 8.98. The lowest BCUT2D eigenvalue weighted by atomic mass is 10.1. The summed E-state index contributed by atoms with van der Waals surface area (Å²) in [5.74, 6) is -0.346. The number of benzene rings is 1. The average molecular weight is 256 g/mol. The van der Waals surface area contributed by atoms with E-state index in [-0.39, 0.29) is 11.4 Å². The highest BCUT2D eigenvalue weighted by molar-refractivity contribution is 9.10. The van der Waals surface area contributed by atoms with Gasteiger partial charge in [-0.25, -0.2) is 4.39 Å². The summed E-state index contributed by atoms with van der Waals surface area (Å²) in [4.78, 5) is 13.7. The fraction of sp³-hybridized carbons (Fsp3) is 0.100. The number of halogens is 2. The van der Waals surface area contributed by atoms with Gasteiger partial charge in [0.1, 0.15) is 5.82 Å². The molecule has 2 aromatic rings. The van der Waals surface area contributed by atoms with Crippen LogP contribution < -0.4 is 5.56 Å². The Bertz CT molecular complexity index is 562. The van der Waals surface area contributed by atoms with E-state index in [0.717, 1.165) is 5.56 Å². The lowest BCUT2D eigenvalue weighted by molar-refractivity contribution is 0.632. The SMILES string of the molecule is Cc1cc(Br)c(F)c2ccc(=O)[nH]c12. The van der Waals surface area contributed by atoms with E-state index in [4.69, 9.17) is 0 Å². The minimum Gasteiger partial charge on any atom is -0.322 e. The lowest BCUT2D eigenvalue weighted by Gasteiger charge is -2.04. The zero-order valence-electron chi connectivity index (χ0n) is 7.40. The van der Waals surface area contributed by atoms with Crippen molar-refractivity contribution in [2.24, 2.45) is 0 Å². The Morgan fingerprint density at radius 1 is 1.43 bits per heavy atom. The van der Waals surface area contributed by atoms with Crippen LogP contribution in [-0.4, -0.2) is 4.98 Å². The number of H-pyrrole nitrogens is 1. The molecule has 2 nitrogen and oxygen atoms in total. The van der Waals surface area contributed by atoms with Crippen LogP contribution in [0.4, 0.5) is 4.39 Å². The van der Waals surface area contributed by atoms with Crippen LogP contribution in [0.1, 0.15) is 5.56 Å². The highest BCUT2D eigenvalue weighted by Gasteiger charge is 2.08. The number of aromatic amines is 1. The molecule has 0 bridgehead atoms. The van der Waals surface area contributed by atoms with Gasteiger partial charge in [0.05, 0.1) is 9.99 Å². The Hall–Kier alpha value is -1.16. The monoisotopic (exact) mass is 255 g/mol. The molecule has 0 saturated heterocycles. The van der Waals surface area contributed by atoms with Gasteiger partial charge in [-0.2, -0.15) is 0 Å². The van der Waals surface area contributed by atoms with Crippen LogP contribution >= 0.6 is 15.9 Å². The summed E-state index contributed by atoms with van der Waals surface area (Å²) in [6, 6.07) is 4.45. The second-order valence-electron chi connectivity index (χ2n) is 3.10. The first-order chi connectivity index (χ1) is 6.59. The molecule has 0 fully saturated rings. The van der Waals surface area contributed by atoms with E-state index in [0.29, 0.717) is 15.4 Å². The number of rotatable bonds is 0. The first-order valence-electron chi connectivity index (χ1n) is 4.07. The molecule has 2 rings (SSSR count). The van der Waals surface area contributed by atoms with Crippen molar-refractivity contribution in [1.29, 1.82) is 0 Å². The normalized spacial score (nSPS) is 10.8. The van der Waals surface area contributed by atoms with Crippen molar-refractivity contribution in [1.82, 2.24) is 4.98 Å². The smallest absolute Gasteiger partial charge is 0.248 e. The topological polar surface area (TPSA) is 32.9 Å². The molecule has 0 amide bonds. The molecule has 0 unspecified atom stereocenters. The molecule has 0 aliphatic heterocycles. The van der Waals surface area contributed by atoms with E-state index in [1.807, 2.05) is 6.92 Å². The van der Waals surface area contributed by atoms with Crippen molar-refractivity contribution in [2.75, 3.05) is 0 Å². The lowest BCUT2D eigenvalue weighted by Crippen LogP contribution is -2.04. The van der Waals surface area contributed by atoms with E-state index in [9.17, 15) is 9.18 Å². The molecule has 1 heterocycles. The fourth-order valence-corrected chi connectivity index (χ4v) is 1.98. The first-order valence-corrected chi connectivity index (χ1v) is 4.86. The van der Waals surface area contributed by atoms with Gasteiger partial charge in [-0.1, -0.05) is 0 Å². The third kappa shape index (κ3) is 1.35. The highest BCUT2D eigenvalue weighted by atomic mass is 79.9. The molecule has 1 aromatic carbocycles. The maximum absolute atomic E-state index is 13.5. The number of aryl methyl sites for hydroxylation is 1. The first kappa shape index (κ1) is 9.40. The summed E-state index contributed by atoms with van der Waals surface area (Å²) >= 11 is 3.12. The van der Waals surface area contributed by atoms with Crippen LogP contribution in [0, 0.1) is 12.7 Å². The van der Waals surface area contributed by atoms with Gasteiger partial charge in [0.2, 0.25) is 5.56 Å². The summed E-state index contributed by atoms with van der Waals surface area (Å²) in [6.07, 6.45) is 0. The summed E-state index contributed by atoms with van der Waals surface area (Å²) in [6.45, 7) is 1.82. The number of hydrogen-bond acceptors (Lipinski definition) is 1. The van der Waals surface area contributed by atoms with Crippen molar-refractivity contribution in [3.05, 3.63) is 44.4 Å². The average Bonchev–Trinajstić information content (AvgIpc) is 2.14. The Morgan fingerprint density at radius 2 is 2.14 bits per heavy atom. The zero-order chi connectivity index (χ0) is 10.3. The van der Waals surface area contributed by atoms with Gasteiger partial charge >= 0.3 is 0 Å². The van der Waals surface area contributed by atoms with Crippen LogP contribution in [0.2, 0.25) is 0 Å². The predicted octanol–water partition coefficient (Wildman–Crippen LogP) is 2.74. The van der Waals surface area contributed by atoms with Crippen LogP contribution in [0.5, 0.6) is 0 Å². The number of nitrogens with one attached hydrogen (secondary N) is 1. The standard InChI is InChI=1S/C10H7BrFNO/c1-5-4-7(11)9(12)6-2-3-8(14)13-10(5)6/h2-4H,1H3,(H,13,14). The van der Waals surface area contributed by atoms with Crippen LogP contribution in [0.25, 0.3) is 10.9 Å². The molecule has 72 valence electrons. The molecular weight excluding hydrogens is 249 g/mol. The molecule has 0 aliphatic carbocycles. The molecule has 0 atom stereocenters. The van der Waals surface area contributed by atoms with Crippen LogP contribution in [0.3, 0.4) is 0 Å². The molecular formula is C10H7BrFNO. The maximum atomic E-state index is 13.5. The van der Waals surface area contributed by atoms with E-state index >= 15 is 0 Å². The Morgan fingerprint density at radius 3 is 2.86 bits per heavy atom. The minimum atomic E-state index is -0.346. The summed E-state index contributed by atoms with van der Waals surface area (Å²) < 4.78 is 14.0. The van der Waals surface area contributed by atoms with Crippen LogP contribution in [-0.2, 0) is 0 Å². The van der Waals surface area contributed by atoms with Crippen molar-refractivity contribution in [3.63, 3.8) is 0 Å². The van der Waals surface area contributed by atoms with Gasteiger partial charge in [-0.15, -0.1) is 0 Å². The van der Waals surface area contributed by atoms with Gasteiger partial charge in [0.25, 0.3) is 0 Å². The Kier molecular flexibility index (Phi) is 2.15. The summed E-state index contributed by atoms with van der Waals surface area (Å²) in [5.41, 5.74) is 1.17. The van der Waals surface area contributed by atoms with Gasteiger partial charge in [-0.05, 0) is 40.5 Å². The van der Waals surface area contributed by atoms with Crippen LogP contribution in [0.15, 0.2) is 27.5 Å². The molecule has 4 heteroatoms. The third-order valence-electron chi connectivity index (χ3n) is 2.10. The van der Waals surface area contributed by atoms with Crippen molar-refractivity contribution < 1.29 is 4.39 Å². The number of aromatic nitrogens is 1. The molecule has 0 spiro atoms. The maximum Gasteiger partial charge on any atom is 0.248 e. The molecule has 1 N–H and O–H groups in total. The van der Waals surface area contributed by atoms with Gasteiger partial charge in [-0.3, -0.25) is 4.79 Å². The molecule has 0 saturated carbocycles. The highest BCUT2D eigenvalue weighted by Crippen LogP contribution is 2.25. The van der Waals surface area contributed by atoms with E-state index in [1.54, 1.807) is 6.07 Å². The molecule has 1 aromatic heterocycles. The van der Waals surface area contributed by atoms with Gasteiger partial charge in [0.15, 0.2) is 0 Å². The second kappa shape index (κ2) is 3.20. The van der Waals surface area contributed by atoms with Gasteiger partial charge < -0.3 is 4.98 Å². The Balaban J connectivity index is 3.02. The van der Waals surface area contributed by atoms with E-state index in [2.05, 4.69) is 20.9 Å². The van der Waals surface area contributed by atoms with Gasteiger partial charge in [0, 0.05) is 11.5 Å². The summed E-state index contributed by atoms with van der Waals surface area (Å²) in [5, 5.41) is 0.427. The Labute approximate surface area is 87.9 Å². The number of pyridine rings is 1. The molecule has 0 radical (unpaired) electrons. The summed E-state index contributed by atoms with van der Waals surface area (Å²) in [7, 11) is 0. The second-order valence-corrected chi connectivity index (χ2v) is 3.95. The quantitative estimate of drug-likeness (QED) is 0.772. The third-order valence-corrected chi connectivity index (χ3v) is 2.68. The molecule has 14 heavy (non-hydrogen) atoms. The molecule has 0 aliphatic rings.